The summed E-state index contributed by atoms with van der Waals surface area (Å²) < 4.78 is 0. The van der Waals surface area contributed by atoms with Crippen molar-refractivity contribution in [2.75, 3.05) is 31.1 Å². The van der Waals surface area contributed by atoms with Crippen molar-refractivity contribution >= 4 is 28.4 Å². The fourth-order valence-electron chi connectivity index (χ4n) is 3.82. The molecule has 0 atom stereocenters. The molecule has 1 saturated heterocycles. The van der Waals surface area contributed by atoms with Crippen molar-refractivity contribution in [1.29, 1.82) is 5.26 Å². The molecule has 2 amide bonds. The van der Waals surface area contributed by atoms with Gasteiger partial charge in [-0.2, -0.15) is 5.26 Å². The van der Waals surface area contributed by atoms with Crippen LogP contribution in [0.3, 0.4) is 0 Å². The van der Waals surface area contributed by atoms with Gasteiger partial charge in [0.15, 0.2) is 0 Å². The lowest BCUT2D eigenvalue weighted by atomic mass is 10.0. The van der Waals surface area contributed by atoms with Gasteiger partial charge in [0.05, 0.1) is 16.8 Å². The molecule has 2 aromatic rings. The predicted octanol–water partition coefficient (Wildman–Crippen LogP) is 1.65. The molecule has 2 fully saturated rings. The number of benzene rings is 1. The lowest BCUT2D eigenvalue weighted by Gasteiger charge is -2.36. The molecule has 0 unspecified atom stereocenters. The maximum absolute atomic E-state index is 12.4. The number of anilines is 1. The molecule has 2 aliphatic rings. The van der Waals surface area contributed by atoms with E-state index >= 15 is 0 Å². The minimum Gasteiger partial charge on any atom is -0.366 e. The van der Waals surface area contributed by atoms with Gasteiger partial charge < -0.3 is 15.1 Å². The van der Waals surface area contributed by atoms with E-state index in [1.54, 1.807) is 11.1 Å². The van der Waals surface area contributed by atoms with Crippen LogP contribution in [0.15, 0.2) is 18.3 Å². The first kappa shape index (κ1) is 18.2. The van der Waals surface area contributed by atoms with Crippen LogP contribution in [0.25, 0.3) is 10.9 Å². The number of rotatable bonds is 2. The number of nitriles is 1. The maximum atomic E-state index is 12.4. The number of nitrogens with zero attached hydrogens (tertiary/aromatic N) is 4. The predicted molar refractivity (Wildman–Crippen MR) is 106 cm³/mol. The van der Waals surface area contributed by atoms with Crippen LogP contribution < -0.4 is 10.2 Å². The number of piperazine rings is 1. The number of aryl methyl sites for hydroxylation is 2. The first-order valence-corrected chi connectivity index (χ1v) is 9.62. The van der Waals surface area contributed by atoms with E-state index in [4.69, 9.17) is 0 Å². The summed E-state index contributed by atoms with van der Waals surface area (Å²) in [5.74, 6) is -0.965. The number of pyridine rings is 1. The second-order valence-electron chi connectivity index (χ2n) is 7.64. The summed E-state index contributed by atoms with van der Waals surface area (Å²) >= 11 is 0. The van der Waals surface area contributed by atoms with Gasteiger partial charge in [-0.05, 0) is 38.3 Å². The van der Waals surface area contributed by atoms with Crippen LogP contribution in [0.4, 0.5) is 5.69 Å². The Morgan fingerprint density at radius 2 is 1.89 bits per heavy atom. The SMILES string of the molecule is Cc1cc(C)c2ncc(C#N)c(N3CCN(C(=O)C(=O)NC4CC4)CC3)c2c1. The molecule has 1 aromatic heterocycles. The van der Waals surface area contributed by atoms with E-state index in [0.29, 0.717) is 31.7 Å². The highest BCUT2D eigenvalue weighted by atomic mass is 16.2. The molecule has 144 valence electrons. The second kappa shape index (κ2) is 7.12. The average Bonchev–Trinajstić information content (AvgIpc) is 3.50. The lowest BCUT2D eigenvalue weighted by Crippen LogP contribution is -2.53. The van der Waals surface area contributed by atoms with Gasteiger partial charge in [0.25, 0.3) is 0 Å². The van der Waals surface area contributed by atoms with Gasteiger partial charge >= 0.3 is 11.8 Å². The largest absolute Gasteiger partial charge is 0.366 e. The molecule has 1 aliphatic carbocycles. The summed E-state index contributed by atoms with van der Waals surface area (Å²) in [5, 5.41) is 13.3. The highest BCUT2D eigenvalue weighted by Gasteiger charge is 2.31. The van der Waals surface area contributed by atoms with E-state index in [-0.39, 0.29) is 6.04 Å². The highest BCUT2D eigenvalue weighted by molar-refractivity contribution is 6.35. The fourth-order valence-corrected chi connectivity index (χ4v) is 3.82. The number of aromatic nitrogens is 1. The Balaban J connectivity index is 1.57. The summed E-state index contributed by atoms with van der Waals surface area (Å²) in [6.45, 7) is 6.11. The topological polar surface area (TPSA) is 89.3 Å². The number of amides is 2. The molecule has 0 bridgehead atoms. The standard InChI is InChI=1S/C21H23N5O2/c1-13-9-14(2)18-17(10-13)19(15(11-22)12-23-18)25-5-7-26(8-6-25)21(28)20(27)24-16-3-4-16/h9-10,12,16H,3-8H2,1-2H3,(H,24,27). The van der Waals surface area contributed by atoms with Gasteiger partial charge in [0, 0.05) is 43.8 Å². The van der Waals surface area contributed by atoms with E-state index < -0.39 is 11.8 Å². The van der Waals surface area contributed by atoms with Gasteiger partial charge in [-0.15, -0.1) is 0 Å². The van der Waals surface area contributed by atoms with E-state index in [9.17, 15) is 14.9 Å². The quantitative estimate of drug-likeness (QED) is 0.804. The van der Waals surface area contributed by atoms with E-state index in [2.05, 4.69) is 33.4 Å². The van der Waals surface area contributed by atoms with Crippen molar-refractivity contribution in [2.24, 2.45) is 0 Å². The third-order valence-electron chi connectivity index (χ3n) is 5.39. The number of hydrogen-bond donors (Lipinski definition) is 1. The number of hydrogen-bond acceptors (Lipinski definition) is 5. The fraction of sp³-hybridized carbons (Fsp3) is 0.429. The Bertz CT molecular complexity index is 998. The van der Waals surface area contributed by atoms with Gasteiger partial charge in [-0.3, -0.25) is 14.6 Å². The Morgan fingerprint density at radius 3 is 2.54 bits per heavy atom. The monoisotopic (exact) mass is 377 g/mol. The van der Waals surface area contributed by atoms with Crippen LogP contribution in [0, 0.1) is 25.2 Å². The Kier molecular flexibility index (Phi) is 4.63. The summed E-state index contributed by atoms with van der Waals surface area (Å²) in [6, 6.07) is 6.57. The van der Waals surface area contributed by atoms with Crippen LogP contribution in [0.1, 0.15) is 29.5 Å². The van der Waals surface area contributed by atoms with Crippen molar-refractivity contribution < 1.29 is 9.59 Å². The highest BCUT2D eigenvalue weighted by Crippen LogP contribution is 2.32. The molecule has 2 heterocycles. The first-order valence-electron chi connectivity index (χ1n) is 9.62. The smallest absolute Gasteiger partial charge is 0.312 e. The Labute approximate surface area is 163 Å². The van der Waals surface area contributed by atoms with Gasteiger partial charge in [-0.25, -0.2) is 0 Å². The maximum Gasteiger partial charge on any atom is 0.312 e. The van der Waals surface area contributed by atoms with Crippen molar-refractivity contribution in [1.82, 2.24) is 15.2 Å². The van der Waals surface area contributed by atoms with Gasteiger partial charge in [0.1, 0.15) is 6.07 Å². The minimum atomic E-state index is -0.505. The van der Waals surface area contributed by atoms with E-state index in [1.807, 2.05) is 13.8 Å². The first-order chi connectivity index (χ1) is 13.5. The number of fused-ring (bicyclic) bond motifs is 1. The molecule has 1 aromatic carbocycles. The summed E-state index contributed by atoms with van der Waals surface area (Å²) in [7, 11) is 0. The molecule has 28 heavy (non-hydrogen) atoms. The number of carbonyl (C=O) groups is 2. The van der Waals surface area contributed by atoms with Crippen LogP contribution >= 0.6 is 0 Å². The summed E-state index contributed by atoms with van der Waals surface area (Å²) in [4.78, 5) is 32.6. The Hall–Kier alpha value is -3.14. The van der Waals surface area contributed by atoms with Gasteiger partial charge in [0.2, 0.25) is 0 Å². The molecule has 7 heteroatoms. The zero-order valence-electron chi connectivity index (χ0n) is 16.2. The minimum absolute atomic E-state index is 0.172. The van der Waals surface area contributed by atoms with Crippen LogP contribution in [0.2, 0.25) is 0 Å². The molecular weight excluding hydrogens is 354 g/mol. The summed E-state index contributed by atoms with van der Waals surface area (Å²) in [5.41, 5.74) is 4.49. The zero-order valence-corrected chi connectivity index (χ0v) is 16.2. The van der Waals surface area contributed by atoms with Crippen LogP contribution in [-0.2, 0) is 9.59 Å². The van der Waals surface area contributed by atoms with Crippen molar-refractivity contribution in [2.45, 2.75) is 32.7 Å². The molecule has 0 spiro atoms. The average molecular weight is 377 g/mol. The second-order valence-corrected chi connectivity index (χ2v) is 7.64. The molecule has 0 radical (unpaired) electrons. The number of nitrogens with one attached hydrogen (secondary N) is 1. The molecule has 1 N–H and O–H groups in total. The van der Waals surface area contributed by atoms with Crippen LogP contribution in [0.5, 0.6) is 0 Å². The molecule has 1 saturated carbocycles. The molecular formula is C21H23N5O2. The molecule has 7 nitrogen and oxygen atoms in total. The number of carbonyl (C=O) groups excluding carboxylic acids is 2. The van der Waals surface area contributed by atoms with Crippen molar-refractivity contribution in [3.63, 3.8) is 0 Å². The normalized spacial score (nSPS) is 16.8. The third kappa shape index (κ3) is 3.38. The third-order valence-corrected chi connectivity index (χ3v) is 5.39. The van der Waals surface area contributed by atoms with Crippen molar-refractivity contribution in [3.8, 4) is 6.07 Å². The molecule has 1 aliphatic heterocycles. The van der Waals surface area contributed by atoms with Crippen molar-refractivity contribution in [3.05, 3.63) is 35.0 Å². The van der Waals surface area contributed by atoms with Gasteiger partial charge in [-0.1, -0.05) is 11.6 Å². The molecule has 4 rings (SSSR count). The summed E-state index contributed by atoms with van der Waals surface area (Å²) in [6.07, 6.45) is 3.54. The Morgan fingerprint density at radius 1 is 1.18 bits per heavy atom. The van der Waals surface area contributed by atoms with E-state index in [1.165, 1.54) is 0 Å². The lowest BCUT2D eigenvalue weighted by molar-refractivity contribution is -0.146. The zero-order chi connectivity index (χ0) is 19.8. The van der Waals surface area contributed by atoms with E-state index in [0.717, 1.165) is 40.6 Å². The van der Waals surface area contributed by atoms with Crippen LogP contribution in [-0.4, -0.2) is 53.9 Å².